The Kier molecular flexibility index (Phi) is 2.88. The molecule has 1 atom stereocenters. The number of nitrogens with one attached hydrogen (secondary N) is 1. The van der Waals surface area contributed by atoms with Crippen molar-refractivity contribution in [2.24, 2.45) is 0 Å². The summed E-state index contributed by atoms with van der Waals surface area (Å²) >= 11 is 0. The van der Waals surface area contributed by atoms with Gasteiger partial charge in [0, 0.05) is 24.7 Å². The number of piperidine rings is 1. The third-order valence-corrected chi connectivity index (χ3v) is 5.34. The van der Waals surface area contributed by atoms with Gasteiger partial charge in [-0.25, -0.2) is 9.97 Å². The molecule has 22 heavy (non-hydrogen) atoms. The zero-order valence-electron chi connectivity index (χ0n) is 12.7. The lowest BCUT2D eigenvalue weighted by Crippen LogP contribution is -2.52. The number of anilines is 1. The molecule has 6 heteroatoms. The average Bonchev–Trinajstić information content (AvgIpc) is 3.11. The van der Waals surface area contributed by atoms with Crippen molar-refractivity contribution in [2.75, 3.05) is 38.2 Å². The molecule has 3 aliphatic heterocycles. The average molecular weight is 299 g/mol. The fourth-order valence-corrected chi connectivity index (χ4v) is 4.04. The highest BCUT2D eigenvalue weighted by Crippen LogP contribution is 2.32. The molecule has 2 aromatic heterocycles. The fraction of sp³-hybridized carbons (Fsp3) is 0.625. The molecule has 1 N–H and O–H groups in total. The van der Waals surface area contributed by atoms with Crippen LogP contribution in [0.2, 0.25) is 0 Å². The molecule has 0 amide bonds. The van der Waals surface area contributed by atoms with Gasteiger partial charge in [-0.2, -0.15) is 0 Å². The SMILES string of the molecule is c1nc2c(c3c1ncn3C1CCCN(C3COC3)C1)CCN2. The van der Waals surface area contributed by atoms with E-state index in [2.05, 4.69) is 24.8 Å². The van der Waals surface area contributed by atoms with Gasteiger partial charge in [-0.15, -0.1) is 0 Å². The van der Waals surface area contributed by atoms with Gasteiger partial charge in [0.15, 0.2) is 0 Å². The predicted octanol–water partition coefficient (Wildman–Crippen LogP) is 1.43. The molecule has 2 saturated heterocycles. The lowest BCUT2D eigenvalue weighted by atomic mass is 10.0. The monoisotopic (exact) mass is 299 g/mol. The van der Waals surface area contributed by atoms with Crippen molar-refractivity contribution in [3.63, 3.8) is 0 Å². The van der Waals surface area contributed by atoms with E-state index in [0.29, 0.717) is 12.1 Å². The molecule has 5 rings (SSSR count). The number of fused-ring (bicyclic) bond motifs is 3. The maximum atomic E-state index is 5.37. The first-order valence-corrected chi connectivity index (χ1v) is 8.30. The number of likely N-dealkylation sites (tertiary alicyclic amines) is 1. The highest BCUT2D eigenvalue weighted by atomic mass is 16.5. The van der Waals surface area contributed by atoms with Crippen molar-refractivity contribution in [3.8, 4) is 0 Å². The number of imidazole rings is 1. The van der Waals surface area contributed by atoms with Crippen molar-refractivity contribution in [3.05, 3.63) is 18.1 Å². The molecule has 1 unspecified atom stereocenters. The molecule has 0 saturated carbocycles. The van der Waals surface area contributed by atoms with Crippen LogP contribution in [0.5, 0.6) is 0 Å². The second-order valence-electron chi connectivity index (χ2n) is 6.63. The van der Waals surface area contributed by atoms with Gasteiger partial charge in [0.1, 0.15) is 11.3 Å². The van der Waals surface area contributed by atoms with E-state index < -0.39 is 0 Å². The summed E-state index contributed by atoms with van der Waals surface area (Å²) < 4.78 is 7.78. The second-order valence-corrected chi connectivity index (χ2v) is 6.63. The third-order valence-electron chi connectivity index (χ3n) is 5.34. The zero-order chi connectivity index (χ0) is 14.5. The van der Waals surface area contributed by atoms with E-state index in [9.17, 15) is 0 Å². The smallest absolute Gasteiger partial charge is 0.131 e. The maximum Gasteiger partial charge on any atom is 0.131 e. The number of nitrogens with zero attached hydrogens (tertiary/aromatic N) is 4. The molecule has 6 nitrogen and oxygen atoms in total. The van der Waals surface area contributed by atoms with E-state index >= 15 is 0 Å². The van der Waals surface area contributed by atoms with Crippen LogP contribution in [0.1, 0.15) is 24.4 Å². The number of rotatable bonds is 2. The summed E-state index contributed by atoms with van der Waals surface area (Å²) in [7, 11) is 0. The fourth-order valence-electron chi connectivity index (χ4n) is 4.04. The first-order chi connectivity index (χ1) is 10.9. The highest BCUT2D eigenvalue weighted by molar-refractivity contribution is 5.83. The predicted molar refractivity (Wildman–Crippen MR) is 84.2 cm³/mol. The highest BCUT2D eigenvalue weighted by Gasteiger charge is 2.32. The van der Waals surface area contributed by atoms with Crippen LogP contribution >= 0.6 is 0 Å². The first-order valence-electron chi connectivity index (χ1n) is 8.30. The van der Waals surface area contributed by atoms with Crippen LogP contribution < -0.4 is 5.32 Å². The molecule has 5 heterocycles. The van der Waals surface area contributed by atoms with Crippen LogP contribution in [0.25, 0.3) is 11.0 Å². The van der Waals surface area contributed by atoms with Crippen LogP contribution in [-0.2, 0) is 11.2 Å². The molecule has 116 valence electrons. The molecule has 2 aromatic rings. The maximum absolute atomic E-state index is 5.37. The number of pyridine rings is 1. The van der Waals surface area contributed by atoms with Crippen LogP contribution in [0, 0.1) is 0 Å². The van der Waals surface area contributed by atoms with E-state index in [-0.39, 0.29) is 0 Å². The van der Waals surface area contributed by atoms with Gasteiger partial charge in [-0.3, -0.25) is 4.90 Å². The summed E-state index contributed by atoms with van der Waals surface area (Å²) in [5, 5.41) is 3.38. The van der Waals surface area contributed by atoms with Gasteiger partial charge in [0.05, 0.1) is 37.3 Å². The Hall–Kier alpha value is -1.66. The second kappa shape index (κ2) is 4.93. The Morgan fingerprint density at radius 1 is 1.23 bits per heavy atom. The molecule has 2 fully saturated rings. The van der Waals surface area contributed by atoms with Crippen LogP contribution in [0.4, 0.5) is 5.82 Å². The minimum absolute atomic E-state index is 0.520. The number of hydrogen-bond donors (Lipinski definition) is 1. The Balaban J connectivity index is 1.52. The van der Waals surface area contributed by atoms with Crippen molar-refractivity contribution in [1.29, 1.82) is 0 Å². The third kappa shape index (κ3) is 1.87. The molecule has 0 aromatic carbocycles. The van der Waals surface area contributed by atoms with Gasteiger partial charge in [-0.05, 0) is 25.8 Å². The van der Waals surface area contributed by atoms with Gasteiger partial charge >= 0.3 is 0 Å². The lowest BCUT2D eigenvalue weighted by molar-refractivity contribution is -0.0750. The van der Waals surface area contributed by atoms with E-state index in [1.54, 1.807) is 0 Å². The molecule has 3 aliphatic rings. The van der Waals surface area contributed by atoms with Crippen molar-refractivity contribution in [2.45, 2.75) is 31.3 Å². The van der Waals surface area contributed by atoms with Crippen LogP contribution in [0.15, 0.2) is 12.5 Å². The summed E-state index contributed by atoms with van der Waals surface area (Å²) in [6.07, 6.45) is 7.48. The largest absolute Gasteiger partial charge is 0.378 e. The first kappa shape index (κ1) is 12.8. The van der Waals surface area contributed by atoms with Crippen molar-refractivity contribution in [1.82, 2.24) is 19.4 Å². The van der Waals surface area contributed by atoms with Gasteiger partial charge in [0.2, 0.25) is 0 Å². The van der Waals surface area contributed by atoms with E-state index in [0.717, 1.165) is 44.1 Å². The minimum atomic E-state index is 0.520. The summed E-state index contributed by atoms with van der Waals surface area (Å²) in [6, 6.07) is 1.15. The number of hydrogen-bond acceptors (Lipinski definition) is 5. The summed E-state index contributed by atoms with van der Waals surface area (Å²) in [4.78, 5) is 11.7. The van der Waals surface area contributed by atoms with Gasteiger partial charge < -0.3 is 14.6 Å². The summed E-state index contributed by atoms with van der Waals surface area (Å²) in [5.74, 6) is 1.05. The Bertz CT molecular complexity index is 708. The topological polar surface area (TPSA) is 55.2 Å². The minimum Gasteiger partial charge on any atom is -0.378 e. The summed E-state index contributed by atoms with van der Waals surface area (Å²) in [5.41, 5.74) is 3.68. The molecular formula is C16H21N5O. The van der Waals surface area contributed by atoms with Crippen LogP contribution in [0.3, 0.4) is 0 Å². The lowest BCUT2D eigenvalue weighted by Gasteiger charge is -2.42. The van der Waals surface area contributed by atoms with Gasteiger partial charge in [0.25, 0.3) is 0 Å². The Labute approximate surface area is 129 Å². The number of ether oxygens (including phenoxy) is 1. The molecule has 0 spiro atoms. The zero-order valence-corrected chi connectivity index (χ0v) is 12.7. The van der Waals surface area contributed by atoms with Crippen molar-refractivity contribution >= 4 is 16.9 Å². The summed E-state index contributed by atoms with van der Waals surface area (Å²) in [6.45, 7) is 5.12. The Morgan fingerprint density at radius 2 is 2.18 bits per heavy atom. The number of aromatic nitrogens is 3. The molecule has 0 radical (unpaired) electrons. The van der Waals surface area contributed by atoms with Crippen LogP contribution in [-0.4, -0.2) is 58.3 Å². The van der Waals surface area contributed by atoms with E-state index in [1.165, 1.54) is 30.5 Å². The standard InChI is InChI=1S/C16H21N5O/c1-2-11(7-20(5-1)12-8-22-9-12)21-10-19-14-6-18-16-13(15(14)21)3-4-17-16/h6,10-12H,1-5,7-9H2,(H,17,18). The van der Waals surface area contributed by atoms with E-state index in [4.69, 9.17) is 4.74 Å². The van der Waals surface area contributed by atoms with E-state index in [1.807, 2.05) is 12.5 Å². The van der Waals surface area contributed by atoms with Crippen molar-refractivity contribution < 1.29 is 4.74 Å². The normalized spacial score (nSPS) is 25.9. The quantitative estimate of drug-likeness (QED) is 0.909. The molecular weight excluding hydrogens is 278 g/mol. The van der Waals surface area contributed by atoms with Gasteiger partial charge in [-0.1, -0.05) is 0 Å². The molecule has 0 aliphatic carbocycles. The molecule has 0 bridgehead atoms. The Morgan fingerprint density at radius 3 is 3.05 bits per heavy atom.